The first-order valence-corrected chi connectivity index (χ1v) is 3.79. The molecular weight excluding hydrogens is 166 g/mol. The molecule has 0 atom stereocenters. The van der Waals surface area contributed by atoms with Gasteiger partial charge >= 0.3 is 0 Å². The molecule has 1 N–H and O–H groups in total. The van der Waals surface area contributed by atoms with E-state index in [0.717, 1.165) is 0 Å². The molecule has 64 valence electrons. The van der Waals surface area contributed by atoms with Crippen LogP contribution >= 0.6 is 0 Å². The van der Waals surface area contributed by atoms with Gasteiger partial charge in [0, 0.05) is 23.9 Å². The SMILES string of the molecule is C#Cc1cnc2cc(CO)oc2c1. The number of hydrogen-bond donors (Lipinski definition) is 1. The maximum absolute atomic E-state index is 8.80. The van der Waals surface area contributed by atoms with Crippen LogP contribution in [0.3, 0.4) is 0 Å². The Balaban J connectivity index is 2.65. The van der Waals surface area contributed by atoms with Crippen LogP contribution in [0.4, 0.5) is 0 Å². The van der Waals surface area contributed by atoms with E-state index in [1.165, 1.54) is 0 Å². The van der Waals surface area contributed by atoms with E-state index in [0.29, 0.717) is 22.4 Å². The second-order valence-electron chi connectivity index (χ2n) is 2.62. The molecule has 3 heteroatoms. The van der Waals surface area contributed by atoms with Crippen LogP contribution in [0.25, 0.3) is 11.1 Å². The zero-order valence-corrected chi connectivity index (χ0v) is 6.82. The summed E-state index contributed by atoms with van der Waals surface area (Å²) >= 11 is 0. The third kappa shape index (κ3) is 1.28. The standard InChI is InChI=1S/C10H7NO2/c1-2-7-3-10-9(11-5-7)4-8(6-12)13-10/h1,3-5,12H,6H2. The van der Waals surface area contributed by atoms with Crippen molar-refractivity contribution < 1.29 is 9.52 Å². The molecule has 0 fully saturated rings. The highest BCUT2D eigenvalue weighted by Crippen LogP contribution is 2.17. The van der Waals surface area contributed by atoms with E-state index < -0.39 is 0 Å². The van der Waals surface area contributed by atoms with Crippen LogP contribution in [0, 0.1) is 12.3 Å². The van der Waals surface area contributed by atoms with Gasteiger partial charge in [-0.1, -0.05) is 5.92 Å². The summed E-state index contributed by atoms with van der Waals surface area (Å²) in [6.07, 6.45) is 6.80. The Morgan fingerprint density at radius 3 is 3.08 bits per heavy atom. The Morgan fingerprint density at radius 2 is 2.38 bits per heavy atom. The highest BCUT2D eigenvalue weighted by Gasteiger charge is 2.03. The fraction of sp³-hybridized carbons (Fsp3) is 0.100. The van der Waals surface area contributed by atoms with E-state index in [9.17, 15) is 0 Å². The number of nitrogens with zero attached hydrogens (tertiary/aromatic N) is 1. The van der Waals surface area contributed by atoms with E-state index in [-0.39, 0.29) is 6.61 Å². The summed E-state index contributed by atoms with van der Waals surface area (Å²) in [5.74, 6) is 2.96. The predicted molar refractivity (Wildman–Crippen MR) is 47.9 cm³/mol. The highest BCUT2D eigenvalue weighted by molar-refractivity contribution is 5.74. The normalized spacial score (nSPS) is 10.2. The van der Waals surface area contributed by atoms with Crippen LogP contribution < -0.4 is 0 Å². The number of aliphatic hydroxyl groups is 1. The van der Waals surface area contributed by atoms with Crippen molar-refractivity contribution >= 4 is 11.1 Å². The maximum atomic E-state index is 8.80. The molecule has 0 saturated heterocycles. The van der Waals surface area contributed by atoms with Gasteiger partial charge in [-0.3, -0.25) is 4.98 Å². The van der Waals surface area contributed by atoms with E-state index in [4.69, 9.17) is 15.9 Å². The first kappa shape index (κ1) is 7.84. The molecule has 0 saturated carbocycles. The monoisotopic (exact) mass is 173 g/mol. The molecule has 0 spiro atoms. The Hall–Kier alpha value is -1.79. The summed E-state index contributed by atoms with van der Waals surface area (Å²) in [5, 5.41) is 8.80. The van der Waals surface area contributed by atoms with Crippen molar-refractivity contribution in [2.75, 3.05) is 0 Å². The number of aliphatic hydroxyl groups excluding tert-OH is 1. The topological polar surface area (TPSA) is 46.3 Å². The molecule has 0 aromatic carbocycles. The van der Waals surface area contributed by atoms with Gasteiger partial charge in [-0.05, 0) is 0 Å². The van der Waals surface area contributed by atoms with Crippen LogP contribution in [0.15, 0.2) is 22.7 Å². The fourth-order valence-electron chi connectivity index (χ4n) is 1.13. The molecule has 0 unspecified atom stereocenters. The Morgan fingerprint density at radius 1 is 1.54 bits per heavy atom. The summed E-state index contributed by atoms with van der Waals surface area (Å²) in [6, 6.07) is 3.41. The molecule has 0 aliphatic rings. The van der Waals surface area contributed by atoms with Crippen molar-refractivity contribution in [3.63, 3.8) is 0 Å². The lowest BCUT2D eigenvalue weighted by Gasteiger charge is -1.88. The van der Waals surface area contributed by atoms with E-state index >= 15 is 0 Å². The Kier molecular flexibility index (Phi) is 1.76. The van der Waals surface area contributed by atoms with Crippen molar-refractivity contribution in [3.05, 3.63) is 29.7 Å². The number of aromatic nitrogens is 1. The molecule has 0 aliphatic carbocycles. The molecule has 2 rings (SSSR count). The third-order valence-electron chi connectivity index (χ3n) is 1.74. The van der Waals surface area contributed by atoms with Crippen LogP contribution in [-0.4, -0.2) is 10.1 Å². The van der Waals surface area contributed by atoms with Crippen molar-refractivity contribution in [3.8, 4) is 12.3 Å². The predicted octanol–water partition coefficient (Wildman–Crippen LogP) is 1.30. The Bertz CT molecular complexity index is 479. The number of furan rings is 1. The summed E-state index contributed by atoms with van der Waals surface area (Å²) in [6.45, 7) is -0.123. The van der Waals surface area contributed by atoms with Gasteiger partial charge in [0.25, 0.3) is 0 Å². The second-order valence-corrected chi connectivity index (χ2v) is 2.62. The van der Waals surface area contributed by atoms with Gasteiger partial charge in [0.05, 0.1) is 0 Å². The van der Waals surface area contributed by atoms with Crippen LogP contribution in [-0.2, 0) is 6.61 Å². The lowest BCUT2D eigenvalue weighted by molar-refractivity contribution is 0.251. The lowest BCUT2D eigenvalue weighted by Crippen LogP contribution is -1.76. The van der Waals surface area contributed by atoms with Gasteiger partial charge in [0.15, 0.2) is 5.58 Å². The average molecular weight is 173 g/mol. The smallest absolute Gasteiger partial charge is 0.154 e. The summed E-state index contributed by atoms with van der Waals surface area (Å²) in [4.78, 5) is 4.07. The second kappa shape index (κ2) is 2.92. The summed E-state index contributed by atoms with van der Waals surface area (Å²) < 4.78 is 5.25. The van der Waals surface area contributed by atoms with E-state index in [1.54, 1.807) is 18.3 Å². The van der Waals surface area contributed by atoms with Crippen LogP contribution in [0.2, 0.25) is 0 Å². The molecule has 0 amide bonds. The molecule has 2 heterocycles. The van der Waals surface area contributed by atoms with E-state index in [1.807, 2.05) is 0 Å². The summed E-state index contributed by atoms with van der Waals surface area (Å²) in [7, 11) is 0. The number of fused-ring (bicyclic) bond motifs is 1. The maximum Gasteiger partial charge on any atom is 0.154 e. The number of terminal acetylenes is 1. The van der Waals surface area contributed by atoms with Crippen LogP contribution in [0.1, 0.15) is 11.3 Å². The number of pyridine rings is 1. The first-order valence-electron chi connectivity index (χ1n) is 3.79. The summed E-state index contributed by atoms with van der Waals surface area (Å²) in [5.41, 5.74) is 1.99. The largest absolute Gasteiger partial charge is 0.457 e. The van der Waals surface area contributed by atoms with Gasteiger partial charge in [0.1, 0.15) is 17.9 Å². The quantitative estimate of drug-likeness (QED) is 0.661. The van der Waals surface area contributed by atoms with E-state index in [2.05, 4.69) is 10.9 Å². The molecule has 13 heavy (non-hydrogen) atoms. The number of hydrogen-bond acceptors (Lipinski definition) is 3. The average Bonchev–Trinajstić information content (AvgIpc) is 2.58. The zero-order valence-electron chi connectivity index (χ0n) is 6.82. The first-order chi connectivity index (χ1) is 6.33. The molecular formula is C10H7NO2. The van der Waals surface area contributed by atoms with Crippen molar-refractivity contribution in [1.82, 2.24) is 4.98 Å². The fourth-order valence-corrected chi connectivity index (χ4v) is 1.13. The third-order valence-corrected chi connectivity index (χ3v) is 1.74. The minimum Gasteiger partial charge on any atom is -0.457 e. The molecule has 2 aromatic heterocycles. The number of rotatable bonds is 1. The van der Waals surface area contributed by atoms with Crippen molar-refractivity contribution in [1.29, 1.82) is 0 Å². The lowest BCUT2D eigenvalue weighted by atomic mass is 10.3. The molecule has 3 nitrogen and oxygen atoms in total. The van der Waals surface area contributed by atoms with Gasteiger partial charge in [-0.2, -0.15) is 0 Å². The molecule has 2 aromatic rings. The van der Waals surface area contributed by atoms with Gasteiger partial charge in [-0.25, -0.2) is 0 Å². The van der Waals surface area contributed by atoms with Gasteiger partial charge < -0.3 is 9.52 Å². The minimum absolute atomic E-state index is 0.123. The molecule has 0 aliphatic heterocycles. The molecule has 0 bridgehead atoms. The van der Waals surface area contributed by atoms with Gasteiger partial charge in [-0.15, -0.1) is 6.42 Å². The Labute approximate surface area is 75.0 Å². The van der Waals surface area contributed by atoms with Gasteiger partial charge in [0.2, 0.25) is 0 Å². The zero-order chi connectivity index (χ0) is 9.26. The minimum atomic E-state index is -0.123. The van der Waals surface area contributed by atoms with Crippen molar-refractivity contribution in [2.24, 2.45) is 0 Å². The highest BCUT2D eigenvalue weighted by atomic mass is 16.4. The molecule has 0 radical (unpaired) electrons. The van der Waals surface area contributed by atoms with Crippen LogP contribution in [0.5, 0.6) is 0 Å². The van der Waals surface area contributed by atoms with Crippen molar-refractivity contribution in [2.45, 2.75) is 6.61 Å².